The normalized spacial score (nSPS) is 26.5. The van der Waals surface area contributed by atoms with Gasteiger partial charge in [0.2, 0.25) is 5.88 Å². The maximum atomic E-state index is 6.07. The summed E-state index contributed by atoms with van der Waals surface area (Å²) in [5, 5.41) is 3.54. The van der Waals surface area contributed by atoms with Crippen molar-refractivity contribution in [2.24, 2.45) is 5.92 Å². The first-order valence-electron chi connectivity index (χ1n) is 8.07. The van der Waals surface area contributed by atoms with E-state index in [1.165, 1.54) is 44.1 Å². The standard InChI is InChI=1S/C17H26N2O/c1-12-4-3-5-16(10-12)20-17-9-6-14(13(2)19-17)11-18-15-7-8-15/h6,9,12,15-16,18H,3-5,7-8,10-11H2,1-2H3. The summed E-state index contributed by atoms with van der Waals surface area (Å²) in [6.45, 7) is 5.34. The highest BCUT2D eigenvalue weighted by Crippen LogP contribution is 2.27. The van der Waals surface area contributed by atoms with E-state index in [0.717, 1.165) is 30.1 Å². The van der Waals surface area contributed by atoms with Crippen molar-refractivity contribution >= 4 is 0 Å². The summed E-state index contributed by atoms with van der Waals surface area (Å²) in [6.07, 6.45) is 8.00. The Morgan fingerprint density at radius 1 is 1.25 bits per heavy atom. The molecular formula is C17H26N2O. The number of nitrogens with zero attached hydrogens (tertiary/aromatic N) is 1. The van der Waals surface area contributed by atoms with Crippen LogP contribution in [0.1, 0.15) is 56.7 Å². The average Bonchev–Trinajstić information content (AvgIpc) is 3.22. The molecule has 1 aromatic rings. The van der Waals surface area contributed by atoms with E-state index in [4.69, 9.17) is 4.74 Å². The second-order valence-electron chi connectivity index (χ2n) is 6.56. The molecule has 1 aromatic heterocycles. The van der Waals surface area contributed by atoms with Gasteiger partial charge in [0.25, 0.3) is 0 Å². The van der Waals surface area contributed by atoms with Crippen LogP contribution in [0, 0.1) is 12.8 Å². The highest BCUT2D eigenvalue weighted by atomic mass is 16.5. The van der Waals surface area contributed by atoms with Gasteiger partial charge in [0.1, 0.15) is 6.10 Å². The molecule has 3 rings (SSSR count). The lowest BCUT2D eigenvalue weighted by Gasteiger charge is -2.27. The molecule has 3 nitrogen and oxygen atoms in total. The van der Waals surface area contributed by atoms with Gasteiger partial charge in [0.05, 0.1) is 0 Å². The molecule has 2 unspecified atom stereocenters. The second-order valence-corrected chi connectivity index (χ2v) is 6.56. The SMILES string of the molecule is Cc1nc(OC2CCCC(C)C2)ccc1CNC1CC1. The topological polar surface area (TPSA) is 34.1 Å². The zero-order valence-corrected chi connectivity index (χ0v) is 12.7. The van der Waals surface area contributed by atoms with Crippen LogP contribution in [0.3, 0.4) is 0 Å². The van der Waals surface area contributed by atoms with Gasteiger partial charge in [-0.3, -0.25) is 0 Å². The lowest BCUT2D eigenvalue weighted by molar-refractivity contribution is 0.123. The molecular weight excluding hydrogens is 248 g/mol. The molecule has 3 heteroatoms. The Bertz CT molecular complexity index is 456. The molecule has 2 aliphatic carbocycles. The molecule has 1 N–H and O–H groups in total. The molecule has 0 radical (unpaired) electrons. The summed E-state index contributed by atoms with van der Waals surface area (Å²) in [7, 11) is 0. The summed E-state index contributed by atoms with van der Waals surface area (Å²) in [5.74, 6) is 1.59. The number of hydrogen-bond donors (Lipinski definition) is 1. The van der Waals surface area contributed by atoms with Gasteiger partial charge in [-0.2, -0.15) is 0 Å². The van der Waals surface area contributed by atoms with Gasteiger partial charge in [0.15, 0.2) is 0 Å². The average molecular weight is 274 g/mol. The molecule has 0 bridgehead atoms. The number of pyridine rings is 1. The highest BCUT2D eigenvalue weighted by molar-refractivity contribution is 5.25. The van der Waals surface area contributed by atoms with Gasteiger partial charge in [0, 0.05) is 24.3 Å². The number of aromatic nitrogens is 1. The molecule has 2 saturated carbocycles. The van der Waals surface area contributed by atoms with E-state index in [9.17, 15) is 0 Å². The summed E-state index contributed by atoms with van der Waals surface area (Å²) in [5.41, 5.74) is 2.39. The number of aryl methyl sites for hydroxylation is 1. The number of hydrogen-bond acceptors (Lipinski definition) is 3. The highest BCUT2D eigenvalue weighted by Gasteiger charge is 2.22. The fourth-order valence-corrected chi connectivity index (χ4v) is 3.02. The Hall–Kier alpha value is -1.09. The first-order chi connectivity index (χ1) is 9.70. The van der Waals surface area contributed by atoms with Crippen molar-refractivity contribution in [3.63, 3.8) is 0 Å². The molecule has 110 valence electrons. The van der Waals surface area contributed by atoms with Crippen LogP contribution in [0.2, 0.25) is 0 Å². The number of ether oxygens (including phenoxy) is 1. The summed E-state index contributed by atoms with van der Waals surface area (Å²) in [6, 6.07) is 4.95. The van der Waals surface area contributed by atoms with E-state index in [1.807, 2.05) is 6.07 Å². The maximum Gasteiger partial charge on any atom is 0.213 e. The number of nitrogens with one attached hydrogen (secondary N) is 1. The summed E-state index contributed by atoms with van der Waals surface area (Å²) >= 11 is 0. The van der Waals surface area contributed by atoms with Crippen LogP contribution in [0.4, 0.5) is 0 Å². The zero-order valence-electron chi connectivity index (χ0n) is 12.7. The van der Waals surface area contributed by atoms with Gasteiger partial charge < -0.3 is 10.1 Å². The van der Waals surface area contributed by atoms with Crippen LogP contribution >= 0.6 is 0 Å². The quantitative estimate of drug-likeness (QED) is 0.891. The van der Waals surface area contributed by atoms with Crippen molar-refractivity contribution < 1.29 is 4.74 Å². The molecule has 0 aliphatic heterocycles. The van der Waals surface area contributed by atoms with E-state index in [-0.39, 0.29) is 0 Å². The maximum absolute atomic E-state index is 6.07. The third-order valence-corrected chi connectivity index (χ3v) is 4.50. The fourth-order valence-electron chi connectivity index (χ4n) is 3.02. The first kappa shape index (κ1) is 13.9. The Labute approximate surface area is 122 Å². The molecule has 20 heavy (non-hydrogen) atoms. The summed E-state index contributed by atoms with van der Waals surface area (Å²) in [4.78, 5) is 4.63. The van der Waals surface area contributed by atoms with E-state index in [2.05, 4.69) is 30.2 Å². The van der Waals surface area contributed by atoms with Crippen LogP contribution in [-0.2, 0) is 6.54 Å². The predicted octanol–water partition coefficient (Wildman–Crippen LogP) is 3.60. The largest absolute Gasteiger partial charge is 0.474 e. The van der Waals surface area contributed by atoms with Crippen molar-refractivity contribution in [3.8, 4) is 5.88 Å². The van der Waals surface area contributed by atoms with Crippen LogP contribution in [0.25, 0.3) is 0 Å². The van der Waals surface area contributed by atoms with E-state index < -0.39 is 0 Å². The first-order valence-corrected chi connectivity index (χ1v) is 8.07. The van der Waals surface area contributed by atoms with E-state index >= 15 is 0 Å². The van der Waals surface area contributed by atoms with Crippen molar-refractivity contribution in [1.29, 1.82) is 0 Å². The molecule has 2 aliphatic rings. The van der Waals surface area contributed by atoms with Crippen LogP contribution in [0.5, 0.6) is 5.88 Å². The van der Waals surface area contributed by atoms with Gasteiger partial charge >= 0.3 is 0 Å². The Kier molecular flexibility index (Phi) is 4.25. The molecule has 2 fully saturated rings. The number of rotatable bonds is 5. The minimum atomic E-state index is 0.362. The lowest BCUT2D eigenvalue weighted by Crippen LogP contribution is -2.24. The third-order valence-electron chi connectivity index (χ3n) is 4.50. The molecule has 1 heterocycles. The fraction of sp³-hybridized carbons (Fsp3) is 0.706. The van der Waals surface area contributed by atoms with Gasteiger partial charge in [-0.15, -0.1) is 0 Å². The molecule has 0 spiro atoms. The smallest absolute Gasteiger partial charge is 0.213 e. The molecule has 0 amide bonds. The van der Waals surface area contributed by atoms with Gasteiger partial charge in [-0.25, -0.2) is 4.98 Å². The van der Waals surface area contributed by atoms with Crippen molar-refractivity contribution in [2.75, 3.05) is 0 Å². The van der Waals surface area contributed by atoms with Gasteiger partial charge in [-0.05, 0) is 50.5 Å². The Morgan fingerprint density at radius 3 is 2.80 bits per heavy atom. The van der Waals surface area contributed by atoms with Crippen molar-refractivity contribution in [1.82, 2.24) is 10.3 Å². The Balaban J connectivity index is 1.57. The summed E-state index contributed by atoms with van der Waals surface area (Å²) < 4.78 is 6.07. The Morgan fingerprint density at radius 2 is 2.10 bits per heavy atom. The van der Waals surface area contributed by atoms with Crippen LogP contribution in [-0.4, -0.2) is 17.1 Å². The third kappa shape index (κ3) is 3.72. The predicted molar refractivity (Wildman–Crippen MR) is 80.9 cm³/mol. The minimum absolute atomic E-state index is 0.362. The molecule has 2 atom stereocenters. The molecule has 0 saturated heterocycles. The van der Waals surface area contributed by atoms with Gasteiger partial charge in [-0.1, -0.05) is 19.4 Å². The zero-order chi connectivity index (χ0) is 13.9. The second kappa shape index (κ2) is 6.13. The van der Waals surface area contributed by atoms with Crippen LogP contribution < -0.4 is 10.1 Å². The monoisotopic (exact) mass is 274 g/mol. The van der Waals surface area contributed by atoms with Crippen LogP contribution in [0.15, 0.2) is 12.1 Å². The van der Waals surface area contributed by atoms with Crippen molar-refractivity contribution in [3.05, 3.63) is 23.4 Å². The van der Waals surface area contributed by atoms with Crippen molar-refractivity contribution in [2.45, 2.75) is 71.1 Å². The van der Waals surface area contributed by atoms with E-state index in [1.54, 1.807) is 0 Å². The van der Waals surface area contributed by atoms with E-state index in [0.29, 0.717) is 6.10 Å². The lowest BCUT2D eigenvalue weighted by atomic mass is 9.89. The minimum Gasteiger partial charge on any atom is -0.474 e. The molecule has 0 aromatic carbocycles.